The number of hydrogen-bond donors (Lipinski definition) is 3. The fourth-order valence-corrected chi connectivity index (χ4v) is 2.46. The number of rotatable bonds is 8. The van der Waals surface area contributed by atoms with E-state index in [-0.39, 0.29) is 23.3 Å². The molecule has 1 aromatic carbocycles. The lowest BCUT2D eigenvalue weighted by molar-refractivity contribution is -0.141. The van der Waals surface area contributed by atoms with Crippen LogP contribution in [0.4, 0.5) is 5.69 Å². The molecule has 3 N–H and O–H groups in total. The molecule has 0 aliphatic rings. The van der Waals surface area contributed by atoms with Crippen molar-refractivity contribution in [2.75, 3.05) is 16.8 Å². The fraction of sp³-hybridized carbons (Fsp3) is 0.438. The lowest BCUT2D eigenvalue weighted by Gasteiger charge is -2.12. The average Bonchev–Trinajstić information content (AvgIpc) is 2.48. The van der Waals surface area contributed by atoms with Crippen molar-refractivity contribution < 1.29 is 19.5 Å². The van der Waals surface area contributed by atoms with E-state index in [2.05, 4.69) is 10.6 Å². The largest absolute Gasteiger partial charge is 0.480 e. The first-order valence-electron chi connectivity index (χ1n) is 7.30. The maximum Gasteiger partial charge on any atom is 0.326 e. The molecule has 126 valence electrons. The second-order valence-corrected chi connectivity index (χ2v) is 6.19. The van der Waals surface area contributed by atoms with Crippen LogP contribution in [0.1, 0.15) is 24.5 Å². The van der Waals surface area contributed by atoms with Crippen LogP contribution in [0.3, 0.4) is 0 Å². The summed E-state index contributed by atoms with van der Waals surface area (Å²) >= 11 is 1.14. The maximum atomic E-state index is 11.8. The van der Waals surface area contributed by atoms with Crippen LogP contribution >= 0.6 is 11.8 Å². The smallest absolute Gasteiger partial charge is 0.326 e. The van der Waals surface area contributed by atoms with Crippen LogP contribution in [0.5, 0.6) is 0 Å². The van der Waals surface area contributed by atoms with Gasteiger partial charge in [-0.1, -0.05) is 13.0 Å². The quantitative estimate of drug-likeness (QED) is 0.673. The first kappa shape index (κ1) is 19.0. The van der Waals surface area contributed by atoms with Crippen molar-refractivity contribution in [2.24, 2.45) is 0 Å². The Labute approximate surface area is 140 Å². The molecular weight excluding hydrogens is 316 g/mol. The maximum absolute atomic E-state index is 11.8. The molecule has 1 rings (SSSR count). The van der Waals surface area contributed by atoms with E-state index in [0.717, 1.165) is 28.6 Å². The van der Waals surface area contributed by atoms with Gasteiger partial charge < -0.3 is 15.7 Å². The number of hydrogen-bond acceptors (Lipinski definition) is 4. The summed E-state index contributed by atoms with van der Waals surface area (Å²) in [5.41, 5.74) is 2.96. The van der Waals surface area contributed by atoms with E-state index < -0.39 is 12.0 Å². The van der Waals surface area contributed by atoms with E-state index in [0.29, 0.717) is 6.42 Å². The van der Waals surface area contributed by atoms with E-state index in [1.807, 2.05) is 32.0 Å². The van der Waals surface area contributed by atoms with Gasteiger partial charge in [-0.3, -0.25) is 9.59 Å². The van der Waals surface area contributed by atoms with Gasteiger partial charge in [-0.15, -0.1) is 11.8 Å². The Morgan fingerprint density at radius 1 is 1.13 bits per heavy atom. The predicted octanol–water partition coefficient (Wildman–Crippen LogP) is 1.95. The molecule has 0 aliphatic carbocycles. The van der Waals surface area contributed by atoms with Crippen molar-refractivity contribution in [3.8, 4) is 0 Å². The van der Waals surface area contributed by atoms with Gasteiger partial charge in [-0.2, -0.15) is 0 Å². The second kappa shape index (κ2) is 9.19. The molecule has 0 fully saturated rings. The van der Waals surface area contributed by atoms with Gasteiger partial charge in [0.05, 0.1) is 11.5 Å². The number of carboxylic acid groups (broad SMARTS) is 1. The topological polar surface area (TPSA) is 95.5 Å². The van der Waals surface area contributed by atoms with Crippen molar-refractivity contribution in [3.05, 3.63) is 29.3 Å². The van der Waals surface area contributed by atoms with Gasteiger partial charge in [0.1, 0.15) is 6.04 Å². The second-order valence-electron chi connectivity index (χ2n) is 5.21. The normalized spacial score (nSPS) is 11.6. The highest BCUT2D eigenvalue weighted by atomic mass is 32.2. The van der Waals surface area contributed by atoms with Crippen molar-refractivity contribution in [3.63, 3.8) is 0 Å². The van der Waals surface area contributed by atoms with Gasteiger partial charge >= 0.3 is 5.97 Å². The molecule has 0 aliphatic heterocycles. The number of carboxylic acids is 1. The van der Waals surface area contributed by atoms with Gasteiger partial charge in [0.2, 0.25) is 11.8 Å². The minimum Gasteiger partial charge on any atom is -0.480 e. The predicted molar refractivity (Wildman–Crippen MR) is 91.7 cm³/mol. The van der Waals surface area contributed by atoms with Crippen molar-refractivity contribution >= 4 is 35.2 Å². The van der Waals surface area contributed by atoms with Gasteiger partial charge in [0, 0.05) is 5.69 Å². The molecule has 0 spiro atoms. The first-order valence-corrected chi connectivity index (χ1v) is 8.46. The Bertz CT molecular complexity index is 589. The number of anilines is 1. The lowest BCUT2D eigenvalue weighted by atomic mass is 10.1. The summed E-state index contributed by atoms with van der Waals surface area (Å²) in [6.07, 6.45) is 0.318. The highest BCUT2D eigenvalue weighted by Crippen LogP contribution is 2.14. The van der Waals surface area contributed by atoms with Crippen molar-refractivity contribution in [1.29, 1.82) is 0 Å². The van der Waals surface area contributed by atoms with E-state index in [1.54, 1.807) is 6.92 Å². The average molecular weight is 338 g/mol. The van der Waals surface area contributed by atoms with Crippen LogP contribution in [-0.2, 0) is 14.4 Å². The van der Waals surface area contributed by atoms with Crippen LogP contribution in [0.2, 0.25) is 0 Å². The summed E-state index contributed by atoms with van der Waals surface area (Å²) in [6, 6.07) is 4.77. The van der Waals surface area contributed by atoms with Gasteiger partial charge in [-0.05, 0) is 43.5 Å². The number of aryl methyl sites for hydroxylation is 2. The summed E-state index contributed by atoms with van der Waals surface area (Å²) in [7, 11) is 0. The Morgan fingerprint density at radius 3 is 2.35 bits per heavy atom. The number of thioether (sulfide) groups is 1. The Hall–Kier alpha value is -2.02. The number of nitrogens with one attached hydrogen (secondary N) is 2. The Morgan fingerprint density at radius 2 is 1.78 bits per heavy atom. The number of amides is 2. The summed E-state index contributed by atoms with van der Waals surface area (Å²) in [6.45, 7) is 5.65. The molecule has 0 saturated heterocycles. The standard InChI is InChI=1S/C16H22N2O4S/c1-4-13(16(21)22)18-15(20)9-23-8-14(19)17-12-6-5-10(2)11(3)7-12/h5-7,13H,4,8-9H2,1-3H3,(H,17,19)(H,18,20)(H,21,22). The third kappa shape index (κ3) is 6.73. The van der Waals surface area contributed by atoms with Gasteiger partial charge in [-0.25, -0.2) is 4.79 Å². The zero-order chi connectivity index (χ0) is 17.4. The van der Waals surface area contributed by atoms with Crippen molar-refractivity contribution in [1.82, 2.24) is 5.32 Å². The van der Waals surface area contributed by atoms with Crippen LogP contribution in [0.15, 0.2) is 18.2 Å². The molecule has 7 heteroatoms. The SMILES string of the molecule is CCC(NC(=O)CSCC(=O)Nc1ccc(C)c(C)c1)C(=O)O. The first-order chi connectivity index (χ1) is 10.8. The molecule has 2 amide bonds. The molecule has 1 unspecified atom stereocenters. The van der Waals surface area contributed by atoms with Gasteiger partial charge in [0.15, 0.2) is 0 Å². The molecule has 1 atom stereocenters. The van der Waals surface area contributed by atoms with E-state index in [9.17, 15) is 14.4 Å². The number of carbonyl (C=O) groups is 3. The van der Waals surface area contributed by atoms with Crippen LogP contribution in [-0.4, -0.2) is 40.4 Å². The van der Waals surface area contributed by atoms with Crippen LogP contribution in [0, 0.1) is 13.8 Å². The molecule has 0 saturated carbocycles. The summed E-state index contributed by atoms with van der Waals surface area (Å²) in [5, 5.41) is 14.0. The van der Waals surface area contributed by atoms with E-state index in [4.69, 9.17) is 5.11 Å². The molecule has 0 aromatic heterocycles. The third-order valence-electron chi connectivity index (χ3n) is 3.30. The summed E-state index contributed by atoms with van der Waals surface area (Å²) in [5.74, 6) is -1.47. The van der Waals surface area contributed by atoms with E-state index in [1.165, 1.54) is 0 Å². The molecule has 1 aromatic rings. The minimum absolute atomic E-state index is 0.0458. The zero-order valence-corrected chi connectivity index (χ0v) is 14.3. The monoisotopic (exact) mass is 338 g/mol. The minimum atomic E-state index is -1.06. The summed E-state index contributed by atoms with van der Waals surface area (Å²) in [4.78, 5) is 34.2. The molecule has 23 heavy (non-hydrogen) atoms. The molecule has 6 nitrogen and oxygen atoms in total. The zero-order valence-electron chi connectivity index (χ0n) is 13.5. The lowest BCUT2D eigenvalue weighted by Crippen LogP contribution is -2.41. The fourth-order valence-electron chi connectivity index (χ4n) is 1.83. The number of aliphatic carboxylic acids is 1. The third-order valence-corrected chi connectivity index (χ3v) is 4.23. The number of benzene rings is 1. The molecule has 0 radical (unpaired) electrons. The Kier molecular flexibility index (Phi) is 7.61. The highest BCUT2D eigenvalue weighted by molar-refractivity contribution is 8.00. The summed E-state index contributed by atoms with van der Waals surface area (Å²) < 4.78 is 0. The van der Waals surface area contributed by atoms with E-state index >= 15 is 0 Å². The van der Waals surface area contributed by atoms with Crippen molar-refractivity contribution in [2.45, 2.75) is 33.2 Å². The molecular formula is C16H22N2O4S. The Balaban J connectivity index is 2.34. The van der Waals surface area contributed by atoms with Crippen LogP contribution < -0.4 is 10.6 Å². The van der Waals surface area contributed by atoms with Crippen LogP contribution in [0.25, 0.3) is 0 Å². The highest BCUT2D eigenvalue weighted by Gasteiger charge is 2.17. The van der Waals surface area contributed by atoms with Gasteiger partial charge in [0.25, 0.3) is 0 Å². The molecule has 0 bridgehead atoms. The molecule has 0 heterocycles. The number of carbonyl (C=O) groups excluding carboxylic acids is 2.